The number of benzene rings is 1. The first-order valence-electron chi connectivity index (χ1n) is 8.68. The highest BCUT2D eigenvalue weighted by Gasteiger charge is 2.32. The van der Waals surface area contributed by atoms with Crippen LogP contribution in [0.4, 0.5) is 5.69 Å². The summed E-state index contributed by atoms with van der Waals surface area (Å²) in [4.78, 5) is 13.5. The van der Waals surface area contributed by atoms with Gasteiger partial charge in [-0.3, -0.25) is 4.79 Å². The van der Waals surface area contributed by atoms with E-state index in [-0.39, 0.29) is 17.4 Å². The van der Waals surface area contributed by atoms with Crippen molar-refractivity contribution in [2.45, 2.75) is 58.9 Å². The Bertz CT molecular complexity index is 578. The smallest absolute Gasteiger partial charge is 0.216 e. The normalized spacial score (nSPS) is 17.6. The summed E-state index contributed by atoms with van der Waals surface area (Å²) in [7, 11) is 0. The molecule has 0 aromatic heterocycles. The van der Waals surface area contributed by atoms with E-state index in [2.05, 4.69) is 50.0 Å². The summed E-state index contributed by atoms with van der Waals surface area (Å²) in [6, 6.07) is 4.68. The number of rotatable bonds is 5. The van der Waals surface area contributed by atoms with Crippen molar-refractivity contribution >= 4 is 11.6 Å². The van der Waals surface area contributed by atoms with Crippen LogP contribution in [0, 0.1) is 0 Å². The molecule has 0 saturated carbocycles. The van der Waals surface area contributed by atoms with E-state index < -0.39 is 0 Å². The molecule has 0 saturated heterocycles. The predicted molar refractivity (Wildman–Crippen MR) is 97.0 cm³/mol. The highest BCUT2D eigenvalue weighted by atomic mass is 16.1. The molecule has 128 valence electrons. The van der Waals surface area contributed by atoms with Gasteiger partial charge in [-0.25, -0.2) is 0 Å². The van der Waals surface area contributed by atoms with Crippen LogP contribution in [0.2, 0.25) is 0 Å². The van der Waals surface area contributed by atoms with E-state index in [0.717, 1.165) is 25.9 Å². The molecule has 1 aliphatic rings. The maximum atomic E-state index is 11.1. The van der Waals surface area contributed by atoms with Crippen LogP contribution in [0.15, 0.2) is 12.1 Å². The molecule has 2 rings (SSSR count). The van der Waals surface area contributed by atoms with Crippen LogP contribution < -0.4 is 16.0 Å². The third-order valence-corrected chi connectivity index (χ3v) is 4.96. The summed E-state index contributed by atoms with van der Waals surface area (Å²) in [5.41, 5.74) is 11.7. The Morgan fingerprint density at radius 3 is 2.70 bits per heavy atom. The van der Waals surface area contributed by atoms with Crippen LogP contribution in [0.3, 0.4) is 0 Å². The zero-order valence-electron chi connectivity index (χ0n) is 15.2. The molecule has 1 aliphatic heterocycles. The van der Waals surface area contributed by atoms with Crippen molar-refractivity contribution in [3.8, 4) is 0 Å². The van der Waals surface area contributed by atoms with Crippen molar-refractivity contribution in [1.29, 1.82) is 0 Å². The van der Waals surface area contributed by atoms with Crippen LogP contribution in [0.25, 0.3) is 0 Å². The van der Waals surface area contributed by atoms with Gasteiger partial charge < -0.3 is 16.0 Å². The molecule has 4 nitrogen and oxygen atoms in total. The van der Waals surface area contributed by atoms with E-state index in [1.807, 2.05) is 0 Å². The Balaban J connectivity index is 2.39. The van der Waals surface area contributed by atoms with Crippen molar-refractivity contribution in [1.82, 2.24) is 5.32 Å². The quantitative estimate of drug-likeness (QED) is 0.878. The molecule has 1 atom stereocenters. The van der Waals surface area contributed by atoms with Crippen molar-refractivity contribution in [2.75, 3.05) is 24.5 Å². The van der Waals surface area contributed by atoms with E-state index in [4.69, 9.17) is 5.73 Å². The fourth-order valence-corrected chi connectivity index (χ4v) is 3.45. The third-order valence-electron chi connectivity index (χ3n) is 4.96. The minimum Gasteiger partial charge on any atom is -0.369 e. The molecule has 4 heteroatoms. The highest BCUT2D eigenvalue weighted by Crippen LogP contribution is 2.41. The molecular weight excluding hydrogens is 286 g/mol. The SMILES string of the molecule is CCc1cc2c(cc1[C@H](C)N)N(CCNC(C)=O)CCC2(C)C. The second-order valence-electron chi connectivity index (χ2n) is 7.31. The van der Waals surface area contributed by atoms with Crippen LogP contribution in [0.1, 0.15) is 63.8 Å². The van der Waals surface area contributed by atoms with Gasteiger partial charge in [-0.2, -0.15) is 0 Å². The van der Waals surface area contributed by atoms with Crippen LogP contribution in [0.5, 0.6) is 0 Å². The number of carbonyl (C=O) groups excluding carboxylic acids is 1. The van der Waals surface area contributed by atoms with Gasteiger partial charge in [0.2, 0.25) is 5.91 Å². The maximum absolute atomic E-state index is 11.1. The summed E-state index contributed by atoms with van der Waals surface area (Å²) in [5, 5.41) is 2.90. The molecule has 0 aliphatic carbocycles. The Kier molecular flexibility index (Phi) is 5.35. The lowest BCUT2D eigenvalue weighted by Gasteiger charge is -2.41. The number of anilines is 1. The van der Waals surface area contributed by atoms with Gasteiger partial charge in [-0.15, -0.1) is 0 Å². The number of aryl methyl sites for hydroxylation is 1. The standard InChI is InChI=1S/C19H31N3O/c1-6-15-11-17-18(12-16(15)13(2)20)22(9-7-19(17,4)5)10-8-21-14(3)23/h11-13H,6-10,20H2,1-5H3,(H,21,23)/t13-/m0/s1. The maximum Gasteiger partial charge on any atom is 0.216 e. The number of hydrogen-bond acceptors (Lipinski definition) is 3. The lowest BCUT2D eigenvalue weighted by atomic mass is 9.76. The fraction of sp³-hybridized carbons (Fsp3) is 0.632. The first-order valence-corrected chi connectivity index (χ1v) is 8.68. The highest BCUT2D eigenvalue weighted by molar-refractivity contribution is 5.72. The van der Waals surface area contributed by atoms with E-state index >= 15 is 0 Å². The predicted octanol–water partition coefficient (Wildman–Crippen LogP) is 2.89. The lowest BCUT2D eigenvalue weighted by Crippen LogP contribution is -2.41. The minimum absolute atomic E-state index is 0.0279. The molecule has 23 heavy (non-hydrogen) atoms. The molecule has 1 aromatic rings. The third kappa shape index (κ3) is 3.86. The van der Waals surface area contributed by atoms with Gasteiger partial charge in [0.05, 0.1) is 0 Å². The average Bonchev–Trinajstić information content (AvgIpc) is 2.48. The molecule has 0 bridgehead atoms. The van der Waals surface area contributed by atoms with Gasteiger partial charge in [0, 0.05) is 38.3 Å². The molecule has 1 aromatic carbocycles. The molecule has 0 radical (unpaired) electrons. The van der Waals surface area contributed by atoms with Gasteiger partial charge in [0.25, 0.3) is 0 Å². The van der Waals surface area contributed by atoms with Gasteiger partial charge in [-0.1, -0.05) is 26.8 Å². The second-order valence-corrected chi connectivity index (χ2v) is 7.31. The van der Waals surface area contributed by atoms with Crippen molar-refractivity contribution in [3.05, 3.63) is 28.8 Å². The monoisotopic (exact) mass is 317 g/mol. The minimum atomic E-state index is 0.0279. The number of amides is 1. The topological polar surface area (TPSA) is 58.4 Å². The van der Waals surface area contributed by atoms with Crippen molar-refractivity contribution < 1.29 is 4.79 Å². The van der Waals surface area contributed by atoms with Crippen LogP contribution in [-0.2, 0) is 16.6 Å². The van der Waals surface area contributed by atoms with Crippen molar-refractivity contribution in [2.24, 2.45) is 5.73 Å². The fourth-order valence-electron chi connectivity index (χ4n) is 3.45. The van der Waals surface area contributed by atoms with Gasteiger partial charge in [0.15, 0.2) is 0 Å². The lowest BCUT2D eigenvalue weighted by molar-refractivity contribution is -0.118. The van der Waals surface area contributed by atoms with Gasteiger partial charge >= 0.3 is 0 Å². The molecule has 1 heterocycles. The number of fused-ring (bicyclic) bond motifs is 1. The van der Waals surface area contributed by atoms with Crippen LogP contribution >= 0.6 is 0 Å². The Hall–Kier alpha value is -1.55. The van der Waals surface area contributed by atoms with E-state index in [1.54, 1.807) is 6.92 Å². The van der Waals surface area contributed by atoms with Crippen LogP contribution in [-0.4, -0.2) is 25.5 Å². The van der Waals surface area contributed by atoms with E-state index in [9.17, 15) is 4.79 Å². The molecule has 1 amide bonds. The largest absolute Gasteiger partial charge is 0.369 e. The van der Waals surface area contributed by atoms with Crippen molar-refractivity contribution in [3.63, 3.8) is 0 Å². The summed E-state index contributed by atoms with van der Waals surface area (Å²) in [5.74, 6) is 0.0279. The summed E-state index contributed by atoms with van der Waals surface area (Å²) in [6.07, 6.45) is 2.13. The molecule has 0 unspecified atom stereocenters. The first kappa shape index (κ1) is 17.8. The summed E-state index contributed by atoms with van der Waals surface area (Å²) in [6.45, 7) is 13.0. The average molecular weight is 317 g/mol. The molecule has 0 spiro atoms. The number of nitrogens with two attached hydrogens (primary N) is 1. The number of nitrogens with zero attached hydrogens (tertiary/aromatic N) is 1. The zero-order valence-corrected chi connectivity index (χ0v) is 15.2. The van der Waals surface area contributed by atoms with E-state index in [0.29, 0.717) is 6.54 Å². The Labute approximate surface area is 140 Å². The molecule has 3 N–H and O–H groups in total. The summed E-state index contributed by atoms with van der Waals surface area (Å²) < 4.78 is 0. The second kappa shape index (κ2) is 6.91. The zero-order chi connectivity index (χ0) is 17.2. The number of carbonyl (C=O) groups is 1. The Morgan fingerprint density at radius 2 is 2.13 bits per heavy atom. The number of hydrogen-bond donors (Lipinski definition) is 2. The van der Waals surface area contributed by atoms with Gasteiger partial charge in [-0.05, 0) is 47.9 Å². The number of nitrogens with one attached hydrogen (secondary N) is 1. The van der Waals surface area contributed by atoms with E-state index in [1.165, 1.54) is 22.4 Å². The summed E-state index contributed by atoms with van der Waals surface area (Å²) >= 11 is 0. The Morgan fingerprint density at radius 1 is 1.43 bits per heavy atom. The van der Waals surface area contributed by atoms with Gasteiger partial charge in [0.1, 0.15) is 0 Å². The molecular formula is C19H31N3O. The molecule has 0 fully saturated rings. The first-order chi connectivity index (χ1) is 10.8.